The zero-order chi connectivity index (χ0) is 23.8. The summed E-state index contributed by atoms with van der Waals surface area (Å²) in [4.78, 5) is 17.1. The van der Waals surface area contributed by atoms with E-state index in [-0.39, 0.29) is 11.9 Å². The van der Waals surface area contributed by atoms with Crippen LogP contribution in [0.1, 0.15) is 40.0 Å². The molecule has 1 atom stereocenters. The fourth-order valence-corrected chi connectivity index (χ4v) is 3.69. The summed E-state index contributed by atoms with van der Waals surface area (Å²) < 4.78 is 0. The minimum Gasteiger partial charge on any atom is -0.366 e. The molecule has 0 radical (unpaired) electrons. The number of halogens is 1. The smallest absolute Gasteiger partial charge is 0.257 e. The van der Waals surface area contributed by atoms with Gasteiger partial charge in [0.05, 0.1) is 16.3 Å². The van der Waals surface area contributed by atoms with Gasteiger partial charge in [-0.15, -0.1) is 0 Å². The van der Waals surface area contributed by atoms with Crippen molar-refractivity contribution in [1.82, 2.24) is 10.3 Å². The van der Waals surface area contributed by atoms with Crippen LogP contribution in [0.25, 0.3) is 0 Å². The number of nitrogens with zero attached hydrogens (tertiary/aromatic N) is 1. The predicted octanol–water partition coefficient (Wildman–Crippen LogP) is 6.45. The number of rotatable bonds is 9. The molecule has 0 aliphatic rings. The monoisotopic (exact) mass is 470 g/mol. The zero-order valence-corrected chi connectivity index (χ0v) is 19.7. The van der Waals surface area contributed by atoms with Crippen LogP contribution in [-0.2, 0) is 13.1 Å². The Morgan fingerprint density at radius 2 is 1.62 bits per heavy atom. The number of pyridine rings is 1. The van der Waals surface area contributed by atoms with E-state index in [0.717, 1.165) is 11.1 Å². The van der Waals surface area contributed by atoms with E-state index < -0.39 is 0 Å². The van der Waals surface area contributed by atoms with Crippen molar-refractivity contribution in [3.8, 4) is 0 Å². The maximum Gasteiger partial charge on any atom is 0.257 e. The van der Waals surface area contributed by atoms with Gasteiger partial charge in [-0.25, -0.2) is 4.98 Å². The number of aromatic nitrogens is 1. The summed E-state index contributed by atoms with van der Waals surface area (Å²) in [5.41, 5.74) is 4.45. The maximum absolute atomic E-state index is 12.8. The third-order valence-corrected chi connectivity index (χ3v) is 5.86. The Hall–Kier alpha value is -3.67. The Labute approximate surface area is 205 Å². The number of carbonyl (C=O) groups excluding carboxylic acids is 1. The first-order valence-electron chi connectivity index (χ1n) is 11.2. The van der Waals surface area contributed by atoms with Crippen molar-refractivity contribution in [2.24, 2.45) is 0 Å². The van der Waals surface area contributed by atoms with Crippen LogP contribution in [0.2, 0.25) is 5.02 Å². The second-order valence-corrected chi connectivity index (χ2v) is 8.46. The van der Waals surface area contributed by atoms with Crippen molar-refractivity contribution in [2.45, 2.75) is 26.1 Å². The topological polar surface area (TPSA) is 66.0 Å². The highest BCUT2D eigenvalue weighted by atomic mass is 35.5. The van der Waals surface area contributed by atoms with Crippen LogP contribution in [-0.4, -0.2) is 10.9 Å². The molecule has 1 heterocycles. The van der Waals surface area contributed by atoms with Crippen molar-refractivity contribution in [2.75, 3.05) is 10.6 Å². The summed E-state index contributed by atoms with van der Waals surface area (Å²) >= 11 is 6.35. The van der Waals surface area contributed by atoms with Gasteiger partial charge in [0, 0.05) is 25.3 Å². The fraction of sp³-hybridized carbons (Fsp3) is 0.143. The SMILES string of the molecule is CC(NCc1ccc(Cl)c(NC(=O)c2ccc(NCc3ccccc3)nc2)c1)c1ccccc1. The summed E-state index contributed by atoms with van der Waals surface area (Å²) in [7, 11) is 0. The summed E-state index contributed by atoms with van der Waals surface area (Å²) in [5.74, 6) is 0.450. The molecule has 1 amide bonds. The lowest BCUT2D eigenvalue weighted by Gasteiger charge is -2.15. The molecular formula is C28H27ClN4O. The maximum atomic E-state index is 12.8. The third-order valence-electron chi connectivity index (χ3n) is 5.53. The molecule has 5 nitrogen and oxygen atoms in total. The van der Waals surface area contributed by atoms with E-state index in [1.54, 1.807) is 24.4 Å². The van der Waals surface area contributed by atoms with Gasteiger partial charge >= 0.3 is 0 Å². The van der Waals surface area contributed by atoms with Crippen LogP contribution in [0.15, 0.2) is 97.2 Å². The van der Waals surface area contributed by atoms with Crippen molar-refractivity contribution >= 4 is 29.0 Å². The minimum absolute atomic E-state index is 0.204. The van der Waals surface area contributed by atoms with Crippen molar-refractivity contribution in [3.63, 3.8) is 0 Å². The molecule has 172 valence electrons. The molecule has 4 aromatic rings. The van der Waals surface area contributed by atoms with E-state index in [4.69, 9.17) is 11.6 Å². The summed E-state index contributed by atoms with van der Waals surface area (Å²) in [6, 6.07) is 29.7. The first-order chi connectivity index (χ1) is 16.6. The van der Waals surface area contributed by atoms with Crippen LogP contribution >= 0.6 is 11.6 Å². The van der Waals surface area contributed by atoms with Gasteiger partial charge in [-0.1, -0.05) is 78.3 Å². The Balaban J connectivity index is 1.34. The Bertz CT molecular complexity index is 1210. The molecule has 1 unspecified atom stereocenters. The molecule has 0 spiro atoms. The van der Waals surface area contributed by atoms with Crippen LogP contribution in [0, 0.1) is 0 Å². The Morgan fingerprint density at radius 3 is 2.32 bits per heavy atom. The predicted molar refractivity (Wildman–Crippen MR) is 139 cm³/mol. The molecule has 0 fully saturated rings. The molecule has 0 saturated carbocycles. The average molecular weight is 471 g/mol. The number of anilines is 2. The molecule has 3 aromatic carbocycles. The highest BCUT2D eigenvalue weighted by Crippen LogP contribution is 2.24. The number of benzene rings is 3. The number of nitrogens with one attached hydrogen (secondary N) is 3. The van der Waals surface area contributed by atoms with Gasteiger partial charge < -0.3 is 16.0 Å². The molecule has 0 saturated heterocycles. The Kier molecular flexibility index (Phi) is 7.91. The van der Waals surface area contributed by atoms with E-state index in [1.807, 2.05) is 60.7 Å². The standard InChI is InChI=1S/C28H27ClN4O/c1-20(23-10-6-3-7-11-23)30-18-22-12-14-25(29)26(16-22)33-28(34)24-13-15-27(32-19-24)31-17-21-8-4-2-5-9-21/h2-16,19-20,30H,17-18H2,1H3,(H,31,32)(H,33,34). The minimum atomic E-state index is -0.258. The number of hydrogen-bond donors (Lipinski definition) is 3. The van der Waals surface area contributed by atoms with E-state index in [2.05, 4.69) is 40.0 Å². The van der Waals surface area contributed by atoms with Gasteiger partial charge in [-0.3, -0.25) is 4.79 Å². The van der Waals surface area contributed by atoms with Crippen LogP contribution in [0.5, 0.6) is 0 Å². The lowest BCUT2D eigenvalue weighted by atomic mass is 10.1. The third kappa shape index (κ3) is 6.44. The zero-order valence-electron chi connectivity index (χ0n) is 19.0. The molecule has 0 aliphatic heterocycles. The second-order valence-electron chi connectivity index (χ2n) is 8.05. The van der Waals surface area contributed by atoms with E-state index >= 15 is 0 Å². The average Bonchev–Trinajstić information content (AvgIpc) is 2.89. The molecule has 34 heavy (non-hydrogen) atoms. The van der Waals surface area contributed by atoms with Crippen LogP contribution < -0.4 is 16.0 Å². The van der Waals surface area contributed by atoms with Gasteiger partial charge in [-0.2, -0.15) is 0 Å². The Morgan fingerprint density at radius 1 is 0.882 bits per heavy atom. The van der Waals surface area contributed by atoms with Gasteiger partial charge in [0.1, 0.15) is 5.82 Å². The van der Waals surface area contributed by atoms with Gasteiger partial charge in [0.2, 0.25) is 0 Å². The van der Waals surface area contributed by atoms with Crippen molar-refractivity contribution < 1.29 is 4.79 Å². The summed E-state index contributed by atoms with van der Waals surface area (Å²) in [5, 5.41) is 10.2. The van der Waals surface area contributed by atoms with Gasteiger partial charge in [0.15, 0.2) is 0 Å². The fourth-order valence-electron chi connectivity index (χ4n) is 3.52. The van der Waals surface area contributed by atoms with Gasteiger partial charge in [-0.05, 0) is 47.9 Å². The van der Waals surface area contributed by atoms with E-state index in [0.29, 0.717) is 35.2 Å². The summed E-state index contributed by atoms with van der Waals surface area (Å²) in [6.45, 7) is 3.44. The molecular weight excluding hydrogens is 444 g/mol. The molecule has 3 N–H and O–H groups in total. The highest BCUT2D eigenvalue weighted by molar-refractivity contribution is 6.34. The van der Waals surface area contributed by atoms with E-state index in [9.17, 15) is 4.79 Å². The van der Waals surface area contributed by atoms with Crippen LogP contribution in [0.4, 0.5) is 11.5 Å². The van der Waals surface area contributed by atoms with Gasteiger partial charge in [0.25, 0.3) is 5.91 Å². The lowest BCUT2D eigenvalue weighted by molar-refractivity contribution is 0.102. The molecule has 6 heteroatoms. The number of carbonyl (C=O) groups is 1. The summed E-state index contributed by atoms with van der Waals surface area (Å²) in [6.07, 6.45) is 1.56. The second kappa shape index (κ2) is 11.5. The first-order valence-corrected chi connectivity index (χ1v) is 11.6. The molecule has 0 aliphatic carbocycles. The lowest BCUT2D eigenvalue weighted by Crippen LogP contribution is -2.18. The van der Waals surface area contributed by atoms with Crippen LogP contribution in [0.3, 0.4) is 0 Å². The van der Waals surface area contributed by atoms with E-state index in [1.165, 1.54) is 5.56 Å². The highest BCUT2D eigenvalue weighted by Gasteiger charge is 2.11. The molecule has 1 aromatic heterocycles. The van der Waals surface area contributed by atoms with Crippen molar-refractivity contribution in [3.05, 3.63) is 124 Å². The normalized spacial score (nSPS) is 11.6. The molecule has 4 rings (SSSR count). The largest absolute Gasteiger partial charge is 0.366 e. The number of amides is 1. The quantitative estimate of drug-likeness (QED) is 0.263. The molecule has 0 bridgehead atoms. The number of hydrogen-bond acceptors (Lipinski definition) is 4. The van der Waals surface area contributed by atoms with Crippen molar-refractivity contribution in [1.29, 1.82) is 0 Å². The first kappa shape index (κ1) is 23.5.